The molecule has 3 rings (SSSR count). The lowest BCUT2D eigenvalue weighted by Crippen LogP contribution is -2.23. The van der Waals surface area contributed by atoms with Crippen molar-refractivity contribution in [3.63, 3.8) is 0 Å². The highest BCUT2D eigenvalue weighted by atomic mass is 32.2. The molecule has 2 aromatic heterocycles. The second kappa shape index (κ2) is 7.11. The molecule has 0 aliphatic heterocycles. The molecular formula is C17H15N3O2S2. The molecule has 0 radical (unpaired) electrons. The highest BCUT2D eigenvalue weighted by molar-refractivity contribution is 8.00. The summed E-state index contributed by atoms with van der Waals surface area (Å²) in [4.78, 5) is 33.5. The summed E-state index contributed by atoms with van der Waals surface area (Å²) in [5.41, 5.74) is 1.04. The third-order valence-corrected chi connectivity index (χ3v) is 5.38. The van der Waals surface area contributed by atoms with E-state index in [4.69, 9.17) is 0 Å². The number of thiophene rings is 1. The van der Waals surface area contributed by atoms with Crippen molar-refractivity contribution in [3.05, 3.63) is 47.6 Å². The Bertz CT molecular complexity index is 907. The van der Waals surface area contributed by atoms with Gasteiger partial charge in [0.05, 0.1) is 10.9 Å². The molecule has 0 fully saturated rings. The van der Waals surface area contributed by atoms with E-state index in [0.29, 0.717) is 11.3 Å². The molecule has 0 aliphatic rings. The molecular weight excluding hydrogens is 342 g/mol. The summed E-state index contributed by atoms with van der Waals surface area (Å²) in [7, 11) is 0. The van der Waals surface area contributed by atoms with Gasteiger partial charge < -0.3 is 5.32 Å². The van der Waals surface area contributed by atoms with Crippen LogP contribution < -0.4 is 5.32 Å². The van der Waals surface area contributed by atoms with Crippen molar-refractivity contribution in [2.24, 2.45) is 0 Å². The average molecular weight is 357 g/mol. The summed E-state index contributed by atoms with van der Waals surface area (Å²) >= 11 is 2.92. The Kier molecular flexibility index (Phi) is 4.92. The molecule has 0 bridgehead atoms. The maximum absolute atomic E-state index is 12.5. The molecule has 7 heteroatoms. The first-order chi connectivity index (χ1) is 11.6. The van der Waals surface area contributed by atoms with Crippen LogP contribution in [0.2, 0.25) is 0 Å². The van der Waals surface area contributed by atoms with Gasteiger partial charge in [0.15, 0.2) is 5.78 Å². The number of rotatable bonds is 5. The van der Waals surface area contributed by atoms with Gasteiger partial charge >= 0.3 is 0 Å². The number of nitrogens with zero attached hydrogens (tertiary/aromatic N) is 2. The van der Waals surface area contributed by atoms with E-state index in [1.807, 2.05) is 18.4 Å². The predicted molar refractivity (Wildman–Crippen MR) is 97.8 cm³/mol. The minimum absolute atomic E-state index is 0.0815. The molecule has 3 aromatic rings. The Morgan fingerprint density at radius 2 is 2.00 bits per heavy atom. The minimum Gasteiger partial charge on any atom is -0.324 e. The van der Waals surface area contributed by atoms with Crippen molar-refractivity contribution < 1.29 is 9.59 Å². The Hall–Kier alpha value is -2.25. The van der Waals surface area contributed by atoms with Gasteiger partial charge in [-0.2, -0.15) is 0 Å². The lowest BCUT2D eigenvalue weighted by atomic mass is 10.1. The van der Waals surface area contributed by atoms with E-state index in [1.54, 1.807) is 35.6 Å². The molecule has 5 nitrogen and oxygen atoms in total. The summed E-state index contributed by atoms with van der Waals surface area (Å²) in [5, 5.41) is 6.17. The molecule has 24 heavy (non-hydrogen) atoms. The Balaban J connectivity index is 1.76. The largest absolute Gasteiger partial charge is 0.324 e. The van der Waals surface area contributed by atoms with Gasteiger partial charge in [0.1, 0.15) is 16.2 Å². The van der Waals surface area contributed by atoms with E-state index >= 15 is 0 Å². The van der Waals surface area contributed by atoms with Crippen LogP contribution in [0.25, 0.3) is 10.2 Å². The van der Waals surface area contributed by atoms with Crippen LogP contribution in [0.5, 0.6) is 0 Å². The van der Waals surface area contributed by atoms with Crippen LogP contribution in [0.3, 0.4) is 0 Å². The van der Waals surface area contributed by atoms with E-state index in [9.17, 15) is 9.59 Å². The summed E-state index contributed by atoms with van der Waals surface area (Å²) in [6.45, 7) is 3.30. The third kappa shape index (κ3) is 3.47. The first-order valence-electron chi connectivity index (χ1n) is 7.32. The zero-order valence-corrected chi connectivity index (χ0v) is 14.8. The molecule has 0 saturated heterocycles. The second-order valence-electron chi connectivity index (χ2n) is 5.17. The Labute approximate surface area is 147 Å². The number of para-hydroxylation sites is 1. The topological polar surface area (TPSA) is 72.0 Å². The lowest BCUT2D eigenvalue weighted by molar-refractivity contribution is -0.115. The van der Waals surface area contributed by atoms with Gasteiger partial charge in [0.25, 0.3) is 0 Å². The van der Waals surface area contributed by atoms with E-state index < -0.39 is 0 Å². The van der Waals surface area contributed by atoms with Crippen molar-refractivity contribution in [1.29, 1.82) is 0 Å². The number of carbonyl (C=O) groups is 2. The molecule has 0 spiro atoms. The van der Waals surface area contributed by atoms with E-state index in [0.717, 1.165) is 15.2 Å². The van der Waals surface area contributed by atoms with Crippen molar-refractivity contribution in [3.8, 4) is 0 Å². The van der Waals surface area contributed by atoms with Gasteiger partial charge in [0, 0.05) is 10.9 Å². The van der Waals surface area contributed by atoms with Gasteiger partial charge in [0.2, 0.25) is 5.91 Å². The zero-order valence-electron chi connectivity index (χ0n) is 13.1. The van der Waals surface area contributed by atoms with Crippen LogP contribution >= 0.6 is 23.1 Å². The van der Waals surface area contributed by atoms with Crippen LogP contribution in [-0.4, -0.2) is 26.9 Å². The van der Waals surface area contributed by atoms with Crippen LogP contribution in [-0.2, 0) is 4.79 Å². The number of fused-ring (bicyclic) bond motifs is 1. The fourth-order valence-electron chi connectivity index (χ4n) is 2.22. The van der Waals surface area contributed by atoms with Crippen LogP contribution in [0, 0.1) is 0 Å². The summed E-state index contributed by atoms with van der Waals surface area (Å²) in [6, 6.07) is 8.96. The van der Waals surface area contributed by atoms with Gasteiger partial charge in [-0.25, -0.2) is 9.97 Å². The minimum atomic E-state index is -0.358. The number of carbonyl (C=O) groups excluding carboxylic acids is 2. The van der Waals surface area contributed by atoms with E-state index in [-0.39, 0.29) is 16.9 Å². The maximum atomic E-state index is 12.5. The number of nitrogens with one attached hydrogen (secondary N) is 1. The van der Waals surface area contributed by atoms with Gasteiger partial charge in [-0.1, -0.05) is 23.9 Å². The Morgan fingerprint density at radius 1 is 1.21 bits per heavy atom. The first-order valence-corrected chi connectivity index (χ1v) is 9.08. The summed E-state index contributed by atoms with van der Waals surface area (Å²) in [6.07, 6.45) is 1.51. The van der Waals surface area contributed by atoms with Crippen molar-refractivity contribution >= 4 is 50.7 Å². The van der Waals surface area contributed by atoms with E-state index in [1.165, 1.54) is 25.0 Å². The molecule has 0 saturated carbocycles. The number of anilines is 1. The predicted octanol–water partition coefficient (Wildman–Crippen LogP) is 4.01. The summed E-state index contributed by atoms with van der Waals surface area (Å²) < 4.78 is 0. The molecule has 0 unspecified atom stereocenters. The smallest absolute Gasteiger partial charge is 0.237 e. The van der Waals surface area contributed by atoms with Gasteiger partial charge in [-0.3, -0.25) is 9.59 Å². The number of ketones is 1. The molecule has 0 aliphatic carbocycles. The number of aromatic nitrogens is 2. The van der Waals surface area contributed by atoms with Gasteiger partial charge in [-0.15, -0.1) is 11.3 Å². The lowest BCUT2D eigenvalue weighted by Gasteiger charge is -2.13. The van der Waals surface area contributed by atoms with Crippen molar-refractivity contribution in [2.75, 3.05) is 5.32 Å². The molecule has 1 aromatic carbocycles. The number of hydrogen-bond acceptors (Lipinski definition) is 6. The molecule has 122 valence electrons. The zero-order chi connectivity index (χ0) is 17.1. The van der Waals surface area contributed by atoms with Crippen molar-refractivity contribution in [1.82, 2.24) is 9.97 Å². The maximum Gasteiger partial charge on any atom is 0.237 e. The molecule has 1 N–H and O–H groups in total. The van der Waals surface area contributed by atoms with E-state index in [2.05, 4.69) is 15.3 Å². The first kappa shape index (κ1) is 16.6. The fourth-order valence-corrected chi connectivity index (χ4v) is 3.91. The quantitative estimate of drug-likeness (QED) is 0.424. The van der Waals surface area contributed by atoms with Crippen LogP contribution in [0.4, 0.5) is 5.69 Å². The van der Waals surface area contributed by atoms with Crippen molar-refractivity contribution in [2.45, 2.75) is 24.1 Å². The standard InChI is InChI=1S/C17H15N3O2S2/c1-10(21)12-5-3-4-6-14(12)20-15(22)11(2)24-17-13-7-8-23-16(13)18-9-19-17/h3-9,11H,1-2H3,(H,20,22)/t11-/m1/s1. The SMILES string of the molecule is CC(=O)c1ccccc1NC(=O)[C@@H](C)Sc1ncnc2sccc12. The molecule has 1 atom stereocenters. The number of amides is 1. The average Bonchev–Trinajstić information content (AvgIpc) is 3.04. The highest BCUT2D eigenvalue weighted by Gasteiger charge is 2.19. The Morgan fingerprint density at radius 3 is 2.79 bits per heavy atom. The number of hydrogen-bond donors (Lipinski definition) is 1. The third-order valence-electron chi connectivity index (χ3n) is 3.45. The molecule has 2 heterocycles. The molecule has 1 amide bonds. The normalized spacial score (nSPS) is 12.1. The summed E-state index contributed by atoms with van der Waals surface area (Å²) in [5.74, 6) is -0.252. The number of thioether (sulfide) groups is 1. The van der Waals surface area contributed by atoms with Crippen LogP contribution in [0.15, 0.2) is 47.1 Å². The monoisotopic (exact) mass is 357 g/mol. The van der Waals surface area contributed by atoms with Crippen LogP contribution in [0.1, 0.15) is 24.2 Å². The number of benzene rings is 1. The highest BCUT2D eigenvalue weighted by Crippen LogP contribution is 2.30. The second-order valence-corrected chi connectivity index (χ2v) is 7.39. The fraction of sp³-hybridized carbons (Fsp3) is 0.176. The van der Waals surface area contributed by atoms with Gasteiger partial charge in [-0.05, 0) is 37.4 Å². The number of Topliss-reactive ketones (excluding diaryl/α,β-unsaturated/α-hetero) is 1.